The number of rotatable bonds is 4. The van der Waals surface area contributed by atoms with Crippen molar-refractivity contribution in [2.45, 2.75) is 13.5 Å². The summed E-state index contributed by atoms with van der Waals surface area (Å²) < 4.78 is 5.14. The smallest absolute Gasteiger partial charge is 0.153 e. The predicted octanol–water partition coefficient (Wildman–Crippen LogP) is 2.73. The molecule has 0 spiro atoms. The minimum absolute atomic E-state index is 0.0428. The molecule has 92 valence electrons. The third kappa shape index (κ3) is 2.66. The van der Waals surface area contributed by atoms with Crippen LogP contribution in [0, 0.1) is 6.92 Å². The van der Waals surface area contributed by atoms with Crippen LogP contribution in [0.3, 0.4) is 0 Å². The first-order valence-corrected chi connectivity index (χ1v) is 5.51. The maximum Gasteiger partial charge on any atom is 0.153 e. The summed E-state index contributed by atoms with van der Waals surface area (Å²) in [5, 5.41) is 9.82. The number of aryl methyl sites for hydroxylation is 1. The van der Waals surface area contributed by atoms with Crippen LogP contribution in [0.15, 0.2) is 39.9 Å². The van der Waals surface area contributed by atoms with Gasteiger partial charge in [0, 0.05) is 11.8 Å². The second-order valence-corrected chi connectivity index (χ2v) is 3.96. The lowest BCUT2D eigenvalue weighted by Gasteiger charge is -2.03. The lowest BCUT2D eigenvalue weighted by molar-refractivity contribution is 0.112. The van der Waals surface area contributed by atoms with Gasteiger partial charge in [0.15, 0.2) is 6.29 Å². The third-order valence-electron chi connectivity index (χ3n) is 2.50. The summed E-state index contributed by atoms with van der Waals surface area (Å²) in [6.45, 7) is 2.26. The minimum atomic E-state index is -0.0428. The molecule has 0 unspecified atom stereocenters. The highest BCUT2D eigenvalue weighted by molar-refractivity contribution is 5.90. The molecular formula is C14H13NO3. The zero-order valence-corrected chi connectivity index (χ0v) is 9.96. The van der Waals surface area contributed by atoms with Gasteiger partial charge in [-0.2, -0.15) is 0 Å². The predicted molar refractivity (Wildman–Crippen MR) is 68.2 cm³/mol. The van der Waals surface area contributed by atoms with Crippen LogP contribution >= 0.6 is 0 Å². The molecule has 0 fully saturated rings. The molecule has 0 aliphatic heterocycles. The van der Waals surface area contributed by atoms with Crippen molar-refractivity contribution in [1.82, 2.24) is 0 Å². The number of hydrogen-bond donors (Lipinski definition) is 1. The van der Waals surface area contributed by atoms with E-state index >= 15 is 0 Å². The Balaban J connectivity index is 2.20. The van der Waals surface area contributed by atoms with Crippen LogP contribution in [0.2, 0.25) is 0 Å². The molecule has 1 heterocycles. The van der Waals surface area contributed by atoms with Gasteiger partial charge in [0.05, 0.1) is 18.4 Å². The van der Waals surface area contributed by atoms with Crippen LogP contribution in [0.25, 0.3) is 0 Å². The van der Waals surface area contributed by atoms with E-state index < -0.39 is 0 Å². The Morgan fingerprint density at radius 2 is 2.17 bits per heavy atom. The lowest BCUT2D eigenvalue weighted by atomic mass is 10.1. The highest BCUT2D eigenvalue weighted by Crippen LogP contribution is 2.21. The molecule has 1 aromatic heterocycles. The third-order valence-corrected chi connectivity index (χ3v) is 2.50. The van der Waals surface area contributed by atoms with Crippen LogP contribution in [-0.4, -0.2) is 17.6 Å². The van der Waals surface area contributed by atoms with Crippen LogP contribution in [-0.2, 0) is 6.54 Å². The Kier molecular flexibility index (Phi) is 3.57. The molecule has 4 nitrogen and oxygen atoms in total. The number of nitrogens with zero attached hydrogens (tertiary/aromatic N) is 1. The summed E-state index contributed by atoms with van der Waals surface area (Å²) in [5.41, 5.74) is 1.70. The van der Waals surface area contributed by atoms with Gasteiger partial charge in [0.25, 0.3) is 0 Å². The van der Waals surface area contributed by atoms with Gasteiger partial charge in [-0.25, -0.2) is 0 Å². The van der Waals surface area contributed by atoms with Gasteiger partial charge < -0.3 is 9.52 Å². The second kappa shape index (κ2) is 5.31. The second-order valence-electron chi connectivity index (χ2n) is 3.96. The number of hydrogen-bond acceptors (Lipinski definition) is 4. The Hall–Kier alpha value is -2.36. The van der Waals surface area contributed by atoms with E-state index in [0.717, 1.165) is 11.3 Å². The number of furan rings is 1. The molecule has 0 amide bonds. The van der Waals surface area contributed by atoms with E-state index in [4.69, 9.17) is 4.42 Å². The number of aliphatic imine (C=N–C) groups is 1. The van der Waals surface area contributed by atoms with E-state index in [1.807, 2.05) is 13.0 Å². The van der Waals surface area contributed by atoms with Gasteiger partial charge >= 0.3 is 0 Å². The quantitative estimate of drug-likeness (QED) is 0.663. The molecule has 0 saturated carbocycles. The number of aromatic hydroxyl groups is 1. The summed E-state index contributed by atoms with van der Waals surface area (Å²) in [6.07, 6.45) is 3.75. The molecule has 0 aliphatic rings. The van der Waals surface area contributed by atoms with Crippen molar-refractivity contribution < 1.29 is 14.3 Å². The molecule has 4 heteroatoms. The number of benzene rings is 1. The zero-order chi connectivity index (χ0) is 13.0. The van der Waals surface area contributed by atoms with Gasteiger partial charge in [-0.1, -0.05) is 0 Å². The van der Waals surface area contributed by atoms with Crippen molar-refractivity contribution in [2.24, 2.45) is 4.99 Å². The van der Waals surface area contributed by atoms with Gasteiger partial charge in [0.2, 0.25) is 0 Å². The number of carbonyl (C=O) groups is 1. The number of aldehydes is 1. The van der Waals surface area contributed by atoms with Crippen molar-refractivity contribution in [2.75, 3.05) is 0 Å². The molecule has 0 saturated heterocycles. The van der Waals surface area contributed by atoms with Crippen molar-refractivity contribution >= 4 is 12.5 Å². The average Bonchev–Trinajstić information content (AvgIpc) is 2.86. The Bertz CT molecular complexity index is 571. The fourth-order valence-electron chi connectivity index (χ4n) is 1.66. The first-order valence-electron chi connectivity index (χ1n) is 5.51. The van der Waals surface area contributed by atoms with Crippen molar-refractivity contribution in [3.8, 4) is 5.75 Å². The zero-order valence-electron chi connectivity index (χ0n) is 9.96. The lowest BCUT2D eigenvalue weighted by Crippen LogP contribution is -1.91. The van der Waals surface area contributed by atoms with Crippen LogP contribution in [0.4, 0.5) is 0 Å². The van der Waals surface area contributed by atoms with E-state index in [2.05, 4.69) is 4.99 Å². The minimum Gasteiger partial charge on any atom is -0.507 e. The molecule has 0 atom stereocenters. The fourth-order valence-corrected chi connectivity index (χ4v) is 1.66. The number of carbonyl (C=O) groups excluding carboxylic acids is 1. The molecule has 2 rings (SSSR count). The standard InChI is InChI=1S/C14H13NO3/c1-10-5-11(14(17)12(6-10)9-16)7-15-8-13-3-2-4-18-13/h2-7,9,17H,8H2,1H3. The van der Waals surface area contributed by atoms with Crippen LogP contribution in [0.5, 0.6) is 5.75 Å². The normalized spacial score (nSPS) is 10.9. The van der Waals surface area contributed by atoms with Crippen molar-refractivity contribution in [3.05, 3.63) is 53.0 Å². The Morgan fingerprint density at radius 3 is 2.83 bits per heavy atom. The first kappa shape index (κ1) is 12.1. The molecule has 0 aliphatic carbocycles. The van der Waals surface area contributed by atoms with Gasteiger partial charge in [0.1, 0.15) is 11.5 Å². The maximum absolute atomic E-state index is 10.8. The van der Waals surface area contributed by atoms with Crippen LogP contribution in [0.1, 0.15) is 27.2 Å². The summed E-state index contributed by atoms with van der Waals surface area (Å²) in [4.78, 5) is 14.9. The molecule has 18 heavy (non-hydrogen) atoms. The largest absolute Gasteiger partial charge is 0.507 e. The molecule has 0 radical (unpaired) electrons. The van der Waals surface area contributed by atoms with Gasteiger partial charge in [-0.05, 0) is 36.8 Å². The van der Waals surface area contributed by atoms with E-state index in [1.165, 1.54) is 6.21 Å². The number of phenols is 1. The van der Waals surface area contributed by atoms with E-state index in [-0.39, 0.29) is 11.3 Å². The number of phenolic OH excluding ortho intramolecular Hbond substituents is 1. The topological polar surface area (TPSA) is 62.8 Å². The summed E-state index contributed by atoms with van der Waals surface area (Å²) >= 11 is 0. The van der Waals surface area contributed by atoms with E-state index in [0.29, 0.717) is 18.4 Å². The summed E-state index contributed by atoms with van der Waals surface area (Å²) in [5.74, 6) is 0.702. The Labute approximate surface area is 105 Å². The molecule has 1 aromatic carbocycles. The molecule has 0 bridgehead atoms. The van der Waals surface area contributed by atoms with Gasteiger partial charge in [-0.15, -0.1) is 0 Å². The highest BCUT2D eigenvalue weighted by Gasteiger charge is 2.06. The molecule has 1 N–H and O–H groups in total. The van der Waals surface area contributed by atoms with Crippen molar-refractivity contribution in [3.63, 3.8) is 0 Å². The van der Waals surface area contributed by atoms with E-state index in [9.17, 15) is 9.90 Å². The van der Waals surface area contributed by atoms with Crippen molar-refractivity contribution in [1.29, 1.82) is 0 Å². The molecule has 2 aromatic rings. The molecular weight excluding hydrogens is 230 g/mol. The van der Waals surface area contributed by atoms with E-state index in [1.54, 1.807) is 24.5 Å². The summed E-state index contributed by atoms with van der Waals surface area (Å²) in [7, 11) is 0. The average molecular weight is 243 g/mol. The first-order chi connectivity index (χ1) is 8.70. The summed E-state index contributed by atoms with van der Waals surface area (Å²) in [6, 6.07) is 7.02. The highest BCUT2D eigenvalue weighted by atomic mass is 16.3. The fraction of sp³-hybridized carbons (Fsp3) is 0.143. The maximum atomic E-state index is 10.8. The monoisotopic (exact) mass is 243 g/mol. The van der Waals surface area contributed by atoms with Crippen LogP contribution < -0.4 is 0 Å². The van der Waals surface area contributed by atoms with Gasteiger partial charge in [-0.3, -0.25) is 9.79 Å². The Morgan fingerprint density at radius 1 is 1.39 bits per heavy atom. The SMILES string of the molecule is Cc1cc(C=O)c(O)c(C=NCc2ccco2)c1.